The highest BCUT2D eigenvalue weighted by molar-refractivity contribution is 6.30. The first-order valence-corrected chi connectivity index (χ1v) is 11.0. The summed E-state index contributed by atoms with van der Waals surface area (Å²) in [4.78, 5) is 25.2. The third kappa shape index (κ3) is 5.77. The Kier molecular flexibility index (Phi) is 7.27. The van der Waals surface area contributed by atoms with Gasteiger partial charge < -0.3 is 20.1 Å². The summed E-state index contributed by atoms with van der Waals surface area (Å²) in [6.07, 6.45) is 0. The van der Waals surface area contributed by atoms with Crippen molar-refractivity contribution in [1.82, 2.24) is 15.0 Å². The summed E-state index contributed by atoms with van der Waals surface area (Å²) < 4.78 is 12.3. The standard InChI is InChI=1S/C25H22ClN5O4/c1-16-24(29-30-31(16)20-10-5-7-17(26)13-20)25(33)28-19-9-6-8-18(14-19)27-23(32)15-35-22-12-4-3-11-21(22)34-2/h3-14H,15H2,1-2H3,(H,27,32)(H,28,33). The molecule has 0 spiro atoms. The second-order valence-electron chi connectivity index (χ2n) is 7.44. The first-order valence-electron chi connectivity index (χ1n) is 10.6. The summed E-state index contributed by atoms with van der Waals surface area (Å²) in [7, 11) is 1.53. The molecule has 0 fully saturated rings. The average Bonchev–Trinajstić information content (AvgIpc) is 3.24. The van der Waals surface area contributed by atoms with Crippen LogP contribution in [0.5, 0.6) is 11.5 Å². The quantitative estimate of drug-likeness (QED) is 0.375. The molecule has 2 N–H and O–H groups in total. The van der Waals surface area contributed by atoms with Crippen molar-refractivity contribution >= 4 is 34.8 Å². The third-order valence-electron chi connectivity index (χ3n) is 4.99. The van der Waals surface area contributed by atoms with Gasteiger partial charge in [0.15, 0.2) is 23.8 Å². The molecule has 2 amide bonds. The molecule has 35 heavy (non-hydrogen) atoms. The van der Waals surface area contributed by atoms with Crippen LogP contribution < -0.4 is 20.1 Å². The molecule has 0 unspecified atom stereocenters. The Morgan fingerprint density at radius 2 is 1.66 bits per heavy atom. The first-order chi connectivity index (χ1) is 16.9. The molecule has 9 nitrogen and oxygen atoms in total. The Labute approximate surface area is 206 Å². The highest BCUT2D eigenvalue weighted by Gasteiger charge is 2.18. The molecule has 0 aliphatic carbocycles. The molecule has 0 radical (unpaired) electrons. The van der Waals surface area contributed by atoms with E-state index in [4.69, 9.17) is 21.1 Å². The first kappa shape index (κ1) is 23.8. The van der Waals surface area contributed by atoms with Crippen molar-refractivity contribution in [3.05, 3.63) is 89.2 Å². The molecule has 4 aromatic rings. The van der Waals surface area contributed by atoms with Gasteiger partial charge in [-0.15, -0.1) is 5.10 Å². The van der Waals surface area contributed by atoms with Gasteiger partial charge in [-0.1, -0.05) is 41.1 Å². The van der Waals surface area contributed by atoms with Crippen LogP contribution in [0.15, 0.2) is 72.8 Å². The van der Waals surface area contributed by atoms with Crippen molar-refractivity contribution in [3.63, 3.8) is 0 Å². The van der Waals surface area contributed by atoms with E-state index in [-0.39, 0.29) is 18.2 Å². The number of amides is 2. The number of para-hydroxylation sites is 2. The van der Waals surface area contributed by atoms with Crippen molar-refractivity contribution in [2.24, 2.45) is 0 Å². The molecular weight excluding hydrogens is 470 g/mol. The van der Waals surface area contributed by atoms with Crippen LogP contribution in [0.4, 0.5) is 11.4 Å². The number of methoxy groups -OCH3 is 1. The van der Waals surface area contributed by atoms with Crippen molar-refractivity contribution in [3.8, 4) is 17.2 Å². The van der Waals surface area contributed by atoms with Gasteiger partial charge in [0.25, 0.3) is 11.8 Å². The van der Waals surface area contributed by atoms with Gasteiger partial charge in [0, 0.05) is 16.4 Å². The molecule has 4 rings (SSSR count). The zero-order chi connectivity index (χ0) is 24.8. The van der Waals surface area contributed by atoms with Crippen molar-refractivity contribution in [2.45, 2.75) is 6.92 Å². The van der Waals surface area contributed by atoms with Crippen LogP contribution in [0.3, 0.4) is 0 Å². The summed E-state index contributed by atoms with van der Waals surface area (Å²) in [5, 5.41) is 14.2. The third-order valence-corrected chi connectivity index (χ3v) is 5.23. The van der Waals surface area contributed by atoms with Crippen molar-refractivity contribution < 1.29 is 19.1 Å². The van der Waals surface area contributed by atoms with Gasteiger partial charge >= 0.3 is 0 Å². The number of aromatic nitrogens is 3. The smallest absolute Gasteiger partial charge is 0.278 e. The molecule has 1 heterocycles. The second kappa shape index (κ2) is 10.7. The number of hydrogen-bond acceptors (Lipinski definition) is 6. The summed E-state index contributed by atoms with van der Waals surface area (Å²) in [5.41, 5.74) is 2.40. The lowest BCUT2D eigenvalue weighted by Gasteiger charge is -2.11. The largest absolute Gasteiger partial charge is 0.493 e. The highest BCUT2D eigenvalue weighted by Crippen LogP contribution is 2.26. The monoisotopic (exact) mass is 491 g/mol. The van der Waals surface area contributed by atoms with Crippen LogP contribution in [0.25, 0.3) is 5.69 Å². The molecule has 178 valence electrons. The number of halogens is 1. The van der Waals surface area contributed by atoms with Crippen molar-refractivity contribution in [2.75, 3.05) is 24.4 Å². The molecule has 0 bridgehead atoms. The fraction of sp³-hybridized carbons (Fsp3) is 0.120. The normalized spacial score (nSPS) is 10.5. The van der Waals surface area contributed by atoms with E-state index in [2.05, 4.69) is 20.9 Å². The lowest BCUT2D eigenvalue weighted by atomic mass is 10.2. The summed E-state index contributed by atoms with van der Waals surface area (Å²) in [6.45, 7) is 1.54. The van der Waals surface area contributed by atoms with Crippen LogP contribution in [0.1, 0.15) is 16.2 Å². The zero-order valence-electron chi connectivity index (χ0n) is 19.0. The van der Waals surface area contributed by atoms with E-state index in [1.807, 2.05) is 12.1 Å². The predicted octanol–water partition coefficient (Wildman–Crippen LogP) is 4.51. The van der Waals surface area contributed by atoms with Crippen LogP contribution in [-0.2, 0) is 4.79 Å². The van der Waals surface area contributed by atoms with Gasteiger partial charge in [-0.25, -0.2) is 4.68 Å². The number of carbonyl (C=O) groups excluding carboxylic acids is 2. The van der Waals surface area contributed by atoms with Gasteiger partial charge in [0.05, 0.1) is 18.5 Å². The van der Waals surface area contributed by atoms with Gasteiger partial charge in [0.1, 0.15) is 0 Å². The van der Waals surface area contributed by atoms with Gasteiger partial charge in [-0.3, -0.25) is 9.59 Å². The summed E-state index contributed by atoms with van der Waals surface area (Å²) in [6, 6.07) is 20.9. The Balaban J connectivity index is 1.39. The number of hydrogen-bond donors (Lipinski definition) is 2. The van der Waals surface area contributed by atoms with E-state index in [0.717, 1.165) is 0 Å². The van der Waals surface area contributed by atoms with E-state index in [9.17, 15) is 9.59 Å². The zero-order valence-corrected chi connectivity index (χ0v) is 19.7. The molecule has 0 aliphatic rings. The van der Waals surface area contributed by atoms with E-state index >= 15 is 0 Å². The van der Waals surface area contributed by atoms with Gasteiger partial charge in [0.2, 0.25) is 0 Å². The topological polar surface area (TPSA) is 107 Å². The molecule has 1 aromatic heterocycles. The number of benzene rings is 3. The maximum Gasteiger partial charge on any atom is 0.278 e. The van der Waals surface area contributed by atoms with Crippen LogP contribution in [0.2, 0.25) is 5.02 Å². The lowest BCUT2D eigenvalue weighted by Crippen LogP contribution is -2.20. The average molecular weight is 492 g/mol. The van der Waals surface area contributed by atoms with E-state index < -0.39 is 5.91 Å². The maximum absolute atomic E-state index is 12.8. The number of nitrogens with one attached hydrogen (secondary N) is 2. The molecule has 0 atom stereocenters. The van der Waals surface area contributed by atoms with E-state index in [1.165, 1.54) is 7.11 Å². The van der Waals surface area contributed by atoms with Crippen LogP contribution >= 0.6 is 11.6 Å². The fourth-order valence-electron chi connectivity index (χ4n) is 3.34. The molecule has 0 saturated heterocycles. The Morgan fingerprint density at radius 3 is 2.40 bits per heavy atom. The maximum atomic E-state index is 12.8. The van der Waals surface area contributed by atoms with Gasteiger partial charge in [-0.05, 0) is 55.5 Å². The number of carbonyl (C=O) groups is 2. The molecule has 3 aromatic carbocycles. The Morgan fingerprint density at radius 1 is 0.943 bits per heavy atom. The predicted molar refractivity (Wildman–Crippen MR) is 133 cm³/mol. The number of rotatable bonds is 8. The molecular formula is C25H22ClN5O4. The highest BCUT2D eigenvalue weighted by atomic mass is 35.5. The molecule has 0 saturated carbocycles. The fourth-order valence-corrected chi connectivity index (χ4v) is 3.52. The molecule has 10 heteroatoms. The SMILES string of the molecule is COc1ccccc1OCC(=O)Nc1cccc(NC(=O)c2nnn(-c3cccc(Cl)c3)c2C)c1. The Hall–Kier alpha value is -4.37. The van der Waals surface area contributed by atoms with E-state index in [0.29, 0.717) is 39.3 Å². The lowest BCUT2D eigenvalue weighted by molar-refractivity contribution is -0.118. The van der Waals surface area contributed by atoms with Gasteiger partial charge in [-0.2, -0.15) is 0 Å². The van der Waals surface area contributed by atoms with Crippen LogP contribution in [0, 0.1) is 6.92 Å². The molecule has 0 aliphatic heterocycles. The minimum Gasteiger partial charge on any atom is -0.493 e. The minimum absolute atomic E-state index is 0.171. The summed E-state index contributed by atoms with van der Waals surface area (Å²) >= 11 is 6.05. The number of ether oxygens (including phenoxy) is 2. The number of anilines is 2. The minimum atomic E-state index is -0.432. The second-order valence-corrected chi connectivity index (χ2v) is 7.87. The Bertz CT molecular complexity index is 1370. The van der Waals surface area contributed by atoms with Crippen LogP contribution in [-0.4, -0.2) is 40.5 Å². The number of nitrogens with zero attached hydrogens (tertiary/aromatic N) is 3. The van der Waals surface area contributed by atoms with Crippen molar-refractivity contribution in [1.29, 1.82) is 0 Å². The summed E-state index contributed by atoms with van der Waals surface area (Å²) in [5.74, 6) is 0.207. The van der Waals surface area contributed by atoms with E-state index in [1.54, 1.807) is 72.3 Å².